The molecule has 3 aromatic rings. The number of anilines is 1. The van der Waals surface area contributed by atoms with Gasteiger partial charge in [-0.15, -0.1) is 0 Å². The number of hydrogen-bond donors (Lipinski definition) is 2. The zero-order valence-electron chi connectivity index (χ0n) is 16.2. The molecule has 3 rings (SSSR count). The molecule has 0 spiro atoms. The van der Waals surface area contributed by atoms with Gasteiger partial charge in [-0.25, -0.2) is 4.39 Å². The van der Waals surface area contributed by atoms with E-state index in [0.717, 1.165) is 11.1 Å². The van der Waals surface area contributed by atoms with Crippen molar-refractivity contribution in [2.75, 3.05) is 5.32 Å². The fourth-order valence-corrected chi connectivity index (χ4v) is 2.23. The summed E-state index contributed by atoms with van der Waals surface area (Å²) in [6, 6.07) is 15.5. The van der Waals surface area contributed by atoms with Crippen molar-refractivity contribution in [3.63, 3.8) is 0 Å². The Morgan fingerprint density at radius 1 is 1.07 bits per heavy atom. The van der Waals surface area contributed by atoms with Gasteiger partial charge in [-0.2, -0.15) is 0 Å². The lowest BCUT2D eigenvalue weighted by atomic mass is 10.1. The molecule has 0 unspecified atom stereocenters. The van der Waals surface area contributed by atoms with Crippen LogP contribution in [-0.2, 0) is 4.79 Å². The summed E-state index contributed by atoms with van der Waals surface area (Å²) in [6.45, 7) is 3.64. The van der Waals surface area contributed by atoms with Crippen LogP contribution in [0.2, 0.25) is 0 Å². The predicted molar refractivity (Wildman–Crippen MR) is 113 cm³/mol. The Morgan fingerprint density at radius 2 is 1.79 bits per heavy atom. The first-order chi connectivity index (χ1) is 13.8. The Bertz CT molecular complexity index is 1000. The highest BCUT2D eigenvalue weighted by Gasteiger charge is 2.06. The Labute approximate surface area is 169 Å². The molecule has 0 bridgehead atoms. The molecule has 2 amide bonds. The third-order valence-corrected chi connectivity index (χ3v) is 3.87. The number of amides is 2. The first-order valence-electron chi connectivity index (χ1n) is 8.87. The number of carbonyl (C=O) groups excluding carboxylic acids is 2. The summed E-state index contributed by atoms with van der Waals surface area (Å²) in [5, 5.41) is 2.67. The first-order valence-corrected chi connectivity index (χ1v) is 8.87. The normalized spacial score (nSPS) is 10.2. The van der Waals surface area contributed by atoms with Gasteiger partial charge in [-0.3, -0.25) is 14.6 Å². The zero-order valence-corrected chi connectivity index (χ0v) is 16.2. The van der Waals surface area contributed by atoms with Gasteiger partial charge in [0, 0.05) is 29.7 Å². The van der Waals surface area contributed by atoms with E-state index in [9.17, 15) is 14.0 Å². The van der Waals surface area contributed by atoms with Gasteiger partial charge in [0.05, 0.1) is 0 Å². The van der Waals surface area contributed by atoms with E-state index in [4.69, 9.17) is 5.73 Å². The Morgan fingerprint density at radius 3 is 2.38 bits per heavy atom. The second-order valence-corrected chi connectivity index (χ2v) is 6.31. The van der Waals surface area contributed by atoms with Crippen LogP contribution in [0.1, 0.15) is 27.0 Å². The third-order valence-electron chi connectivity index (χ3n) is 3.87. The average molecular weight is 391 g/mol. The third kappa shape index (κ3) is 7.38. The molecule has 6 heteroatoms. The van der Waals surface area contributed by atoms with Gasteiger partial charge < -0.3 is 11.1 Å². The summed E-state index contributed by atoms with van der Waals surface area (Å²) in [5.74, 6) is -1.01. The molecule has 0 aliphatic rings. The topological polar surface area (TPSA) is 85.1 Å². The summed E-state index contributed by atoms with van der Waals surface area (Å²) >= 11 is 0. The van der Waals surface area contributed by atoms with Gasteiger partial charge in [-0.1, -0.05) is 29.8 Å². The number of nitrogens with two attached hydrogens (primary N) is 1. The van der Waals surface area contributed by atoms with Crippen molar-refractivity contribution in [1.29, 1.82) is 0 Å². The van der Waals surface area contributed by atoms with E-state index in [-0.39, 0.29) is 11.7 Å². The van der Waals surface area contributed by atoms with E-state index in [1.807, 2.05) is 25.1 Å². The first kappa shape index (κ1) is 21.5. The second kappa shape index (κ2) is 10.5. The molecule has 0 atom stereocenters. The largest absolute Gasteiger partial charge is 0.366 e. The molecule has 5 nitrogen and oxygen atoms in total. The molecule has 0 saturated carbocycles. The summed E-state index contributed by atoms with van der Waals surface area (Å²) in [5.41, 5.74) is 8.43. The number of nitrogens with zero attached hydrogens (tertiary/aromatic N) is 1. The van der Waals surface area contributed by atoms with E-state index < -0.39 is 5.91 Å². The highest BCUT2D eigenvalue weighted by atomic mass is 19.1. The van der Waals surface area contributed by atoms with E-state index in [2.05, 4.69) is 10.3 Å². The maximum Gasteiger partial charge on any atom is 0.255 e. The number of rotatable bonds is 4. The standard InChI is InChI=1S/C15H14FNO.C8H8N2O/c1-10-3-6-12(7-4-10)15(18)17-13-8-5-11(2)14(16)9-13;9-8(11)4-3-7-2-1-5-10-6-7/h3-9H,1-2H3,(H,17,18);1-6H,(H2,9,11). The molecule has 1 heterocycles. The van der Waals surface area contributed by atoms with Crippen LogP contribution in [0.5, 0.6) is 0 Å². The van der Waals surface area contributed by atoms with Gasteiger partial charge in [0.2, 0.25) is 5.91 Å². The monoisotopic (exact) mass is 391 g/mol. The molecule has 1 aromatic heterocycles. The lowest BCUT2D eigenvalue weighted by molar-refractivity contribution is -0.113. The Hall–Kier alpha value is -3.80. The molecule has 0 saturated heterocycles. The van der Waals surface area contributed by atoms with Crippen molar-refractivity contribution in [1.82, 2.24) is 4.98 Å². The highest BCUT2D eigenvalue weighted by molar-refractivity contribution is 6.04. The van der Waals surface area contributed by atoms with Crippen LogP contribution in [-0.4, -0.2) is 16.8 Å². The molecule has 0 aliphatic carbocycles. The molecule has 3 N–H and O–H groups in total. The van der Waals surface area contributed by atoms with E-state index in [0.29, 0.717) is 16.8 Å². The van der Waals surface area contributed by atoms with Crippen LogP contribution < -0.4 is 11.1 Å². The van der Waals surface area contributed by atoms with Crippen molar-refractivity contribution < 1.29 is 14.0 Å². The van der Waals surface area contributed by atoms with Crippen LogP contribution in [0.15, 0.2) is 73.1 Å². The molecule has 29 heavy (non-hydrogen) atoms. The van der Waals surface area contributed by atoms with Crippen LogP contribution in [0.25, 0.3) is 6.08 Å². The molecule has 0 fully saturated rings. The number of halogens is 1. The number of aromatic nitrogens is 1. The minimum Gasteiger partial charge on any atom is -0.366 e. The number of benzene rings is 2. The van der Waals surface area contributed by atoms with E-state index in [1.54, 1.807) is 55.7 Å². The Balaban J connectivity index is 0.000000234. The molecular weight excluding hydrogens is 369 g/mol. The van der Waals surface area contributed by atoms with Crippen LogP contribution in [0.3, 0.4) is 0 Å². The van der Waals surface area contributed by atoms with Crippen LogP contribution in [0, 0.1) is 19.7 Å². The van der Waals surface area contributed by atoms with Crippen LogP contribution >= 0.6 is 0 Å². The summed E-state index contributed by atoms with van der Waals surface area (Å²) < 4.78 is 13.3. The maximum absolute atomic E-state index is 13.3. The Kier molecular flexibility index (Phi) is 7.79. The fourth-order valence-electron chi connectivity index (χ4n) is 2.23. The van der Waals surface area contributed by atoms with Gasteiger partial charge in [0.15, 0.2) is 0 Å². The number of nitrogens with one attached hydrogen (secondary N) is 1. The molecule has 148 valence electrons. The van der Waals surface area contributed by atoms with Gasteiger partial charge in [-0.05, 0) is 61.4 Å². The maximum atomic E-state index is 13.3. The predicted octanol–water partition coefficient (Wildman–Crippen LogP) is 4.27. The fraction of sp³-hybridized carbons (Fsp3) is 0.0870. The molecular formula is C23H22FN3O2. The van der Waals surface area contributed by atoms with Crippen molar-refractivity contribution in [2.24, 2.45) is 5.73 Å². The summed E-state index contributed by atoms with van der Waals surface area (Å²) in [4.78, 5) is 26.0. The number of hydrogen-bond acceptors (Lipinski definition) is 3. The van der Waals surface area contributed by atoms with Crippen molar-refractivity contribution in [3.05, 3.63) is 101 Å². The van der Waals surface area contributed by atoms with Crippen molar-refractivity contribution in [3.8, 4) is 0 Å². The summed E-state index contributed by atoms with van der Waals surface area (Å²) in [7, 11) is 0. The molecule has 0 aliphatic heterocycles. The van der Waals surface area contributed by atoms with Crippen molar-refractivity contribution >= 4 is 23.6 Å². The summed E-state index contributed by atoms with van der Waals surface area (Å²) in [6.07, 6.45) is 6.24. The minimum atomic E-state index is -0.450. The number of pyridine rings is 1. The zero-order chi connectivity index (χ0) is 21.2. The highest BCUT2D eigenvalue weighted by Crippen LogP contribution is 2.15. The van der Waals surface area contributed by atoms with Gasteiger partial charge >= 0.3 is 0 Å². The number of aryl methyl sites for hydroxylation is 2. The van der Waals surface area contributed by atoms with E-state index >= 15 is 0 Å². The quantitative estimate of drug-likeness (QED) is 0.651. The average Bonchev–Trinajstić information content (AvgIpc) is 2.71. The van der Waals surface area contributed by atoms with Gasteiger partial charge in [0.25, 0.3) is 5.91 Å². The minimum absolute atomic E-state index is 0.238. The number of primary amides is 1. The SMILES string of the molecule is Cc1ccc(C(=O)Nc2ccc(C)c(F)c2)cc1.NC(=O)C=Cc1cccnc1. The van der Waals surface area contributed by atoms with E-state index in [1.165, 1.54) is 12.1 Å². The van der Waals surface area contributed by atoms with Crippen molar-refractivity contribution in [2.45, 2.75) is 13.8 Å². The van der Waals surface area contributed by atoms with Crippen LogP contribution in [0.4, 0.5) is 10.1 Å². The number of carbonyl (C=O) groups is 2. The van der Waals surface area contributed by atoms with Gasteiger partial charge in [0.1, 0.15) is 5.82 Å². The lowest BCUT2D eigenvalue weighted by Gasteiger charge is -2.06. The molecule has 2 aromatic carbocycles. The smallest absolute Gasteiger partial charge is 0.255 e. The lowest BCUT2D eigenvalue weighted by Crippen LogP contribution is -2.11. The molecule has 0 radical (unpaired) electrons. The second-order valence-electron chi connectivity index (χ2n) is 6.31.